The highest BCUT2D eigenvalue weighted by Crippen LogP contribution is 2.17. The summed E-state index contributed by atoms with van der Waals surface area (Å²) in [7, 11) is 0. The summed E-state index contributed by atoms with van der Waals surface area (Å²) in [5, 5.41) is 0. The summed E-state index contributed by atoms with van der Waals surface area (Å²) in [5.74, 6) is 0.573. The molecule has 0 N–H and O–H groups in total. The van der Waals surface area contributed by atoms with Gasteiger partial charge in [0, 0.05) is 11.3 Å². The van der Waals surface area contributed by atoms with Gasteiger partial charge in [0.05, 0.1) is 17.6 Å². The van der Waals surface area contributed by atoms with Crippen LogP contribution in [0.25, 0.3) is 16.8 Å². The highest BCUT2D eigenvalue weighted by molar-refractivity contribution is 5.81. The maximum Gasteiger partial charge on any atom is 0.262 e. The molecule has 108 valence electrons. The van der Waals surface area contributed by atoms with Gasteiger partial charge in [-0.15, -0.1) is 0 Å². The van der Waals surface area contributed by atoms with Crippen molar-refractivity contribution >= 4 is 22.6 Å². The molecule has 0 radical (unpaired) electrons. The predicted octanol–water partition coefficient (Wildman–Crippen LogP) is 2.11. The smallest absolute Gasteiger partial charge is 0.262 e. The molecule has 5 nitrogen and oxygen atoms in total. The minimum atomic E-state index is -0.0431. The molecule has 0 aliphatic carbocycles. The summed E-state index contributed by atoms with van der Waals surface area (Å²) < 4.78 is 3.45. The summed E-state index contributed by atoms with van der Waals surface area (Å²) in [4.78, 5) is 28.8. The number of hydrogen-bond acceptors (Lipinski definition) is 3. The average Bonchev–Trinajstić information content (AvgIpc) is 2.83. The lowest BCUT2D eigenvalue weighted by molar-refractivity contribution is -0.117. The Morgan fingerprint density at radius 2 is 2.00 bits per heavy atom. The molecule has 0 bridgehead atoms. The number of aromatic nitrogens is 3. The van der Waals surface area contributed by atoms with Crippen LogP contribution in [0.4, 0.5) is 0 Å². The van der Waals surface area contributed by atoms with Crippen LogP contribution in [0.2, 0.25) is 0 Å². The van der Waals surface area contributed by atoms with E-state index in [9.17, 15) is 9.59 Å². The van der Waals surface area contributed by atoms with Gasteiger partial charge in [-0.05, 0) is 32.4 Å². The number of carbonyl (C=O) groups is 1. The Hall–Kier alpha value is -2.43. The van der Waals surface area contributed by atoms with Crippen molar-refractivity contribution in [2.24, 2.45) is 0 Å². The maximum atomic E-state index is 12.7. The van der Waals surface area contributed by atoms with Crippen LogP contribution in [0, 0.1) is 6.92 Å². The topological polar surface area (TPSA) is 56.4 Å². The first-order chi connectivity index (χ1) is 10.0. The Morgan fingerprint density at radius 1 is 1.29 bits per heavy atom. The number of imidazole rings is 1. The number of Topliss-reactive ketones (excluding diaryl/α,β-unsaturated/α-hetero) is 1. The molecule has 0 amide bonds. The number of nitrogens with zero attached hydrogens (tertiary/aromatic N) is 3. The normalized spacial score (nSPS) is 11.4. The van der Waals surface area contributed by atoms with E-state index in [-0.39, 0.29) is 17.9 Å². The Labute approximate surface area is 121 Å². The van der Waals surface area contributed by atoms with Crippen molar-refractivity contribution in [3.05, 3.63) is 45.9 Å². The molecule has 21 heavy (non-hydrogen) atoms. The zero-order valence-corrected chi connectivity index (χ0v) is 12.4. The van der Waals surface area contributed by atoms with Gasteiger partial charge in [-0.3, -0.25) is 9.59 Å². The van der Waals surface area contributed by atoms with Gasteiger partial charge in [0.25, 0.3) is 5.56 Å². The average molecular weight is 283 g/mol. The van der Waals surface area contributed by atoms with E-state index >= 15 is 0 Å². The molecule has 5 heteroatoms. The molecule has 0 atom stereocenters. The second-order valence-electron chi connectivity index (χ2n) is 5.25. The Kier molecular flexibility index (Phi) is 3.12. The highest BCUT2D eigenvalue weighted by atomic mass is 16.1. The van der Waals surface area contributed by atoms with Crippen molar-refractivity contribution in [2.45, 2.75) is 33.7 Å². The van der Waals surface area contributed by atoms with Gasteiger partial charge >= 0.3 is 0 Å². The number of para-hydroxylation sites is 2. The van der Waals surface area contributed by atoms with E-state index in [4.69, 9.17) is 0 Å². The molecule has 0 aliphatic heterocycles. The molecule has 0 spiro atoms. The minimum Gasteiger partial charge on any atom is -0.308 e. The molecule has 0 unspecified atom stereocenters. The number of benzene rings is 1. The monoisotopic (exact) mass is 283 g/mol. The molecule has 3 aromatic rings. The summed E-state index contributed by atoms with van der Waals surface area (Å²) in [5.41, 5.74) is 3.05. The molecular weight excluding hydrogens is 266 g/mol. The molecule has 2 aromatic heterocycles. The lowest BCUT2D eigenvalue weighted by Crippen LogP contribution is -2.26. The number of rotatable bonds is 3. The third-order valence-electron chi connectivity index (χ3n) is 3.82. The van der Waals surface area contributed by atoms with Crippen molar-refractivity contribution in [1.82, 2.24) is 14.0 Å². The van der Waals surface area contributed by atoms with Gasteiger partial charge in [0.15, 0.2) is 0 Å². The molecular formula is C16H17N3O2. The number of carbonyl (C=O) groups excluding carboxylic acids is 1. The molecule has 3 rings (SSSR count). The Morgan fingerprint density at radius 3 is 2.67 bits per heavy atom. The lowest BCUT2D eigenvalue weighted by Gasteiger charge is -2.14. The third-order valence-corrected chi connectivity index (χ3v) is 3.82. The van der Waals surface area contributed by atoms with Crippen LogP contribution in [-0.2, 0) is 17.8 Å². The summed E-state index contributed by atoms with van der Waals surface area (Å²) >= 11 is 0. The first-order valence-electron chi connectivity index (χ1n) is 7.03. The van der Waals surface area contributed by atoms with E-state index in [1.165, 1.54) is 0 Å². The minimum absolute atomic E-state index is 0.0396. The zero-order valence-electron chi connectivity index (χ0n) is 12.4. The number of ketones is 1. The SMILES string of the molecule is CCc1c(C)n(CC(C)=O)c2nc3ccccc3n2c1=O. The quantitative estimate of drug-likeness (QED) is 0.739. The van der Waals surface area contributed by atoms with E-state index in [1.807, 2.05) is 42.7 Å². The van der Waals surface area contributed by atoms with Crippen LogP contribution >= 0.6 is 0 Å². The second kappa shape index (κ2) is 4.84. The predicted molar refractivity (Wildman–Crippen MR) is 81.8 cm³/mol. The van der Waals surface area contributed by atoms with Crippen molar-refractivity contribution in [2.75, 3.05) is 0 Å². The summed E-state index contributed by atoms with van der Waals surface area (Å²) in [6.45, 7) is 5.60. The first kappa shape index (κ1) is 13.5. The van der Waals surface area contributed by atoms with E-state index < -0.39 is 0 Å². The van der Waals surface area contributed by atoms with Crippen molar-refractivity contribution < 1.29 is 4.79 Å². The van der Waals surface area contributed by atoms with Crippen LogP contribution < -0.4 is 5.56 Å². The third kappa shape index (κ3) is 1.96. The molecule has 0 aliphatic rings. The summed E-state index contributed by atoms with van der Waals surface area (Å²) in [6, 6.07) is 7.53. The van der Waals surface area contributed by atoms with E-state index in [1.54, 1.807) is 11.3 Å². The highest BCUT2D eigenvalue weighted by Gasteiger charge is 2.17. The van der Waals surface area contributed by atoms with Crippen molar-refractivity contribution in [1.29, 1.82) is 0 Å². The Bertz CT molecular complexity index is 919. The fourth-order valence-electron chi connectivity index (χ4n) is 2.82. The van der Waals surface area contributed by atoms with Crippen LogP contribution in [-0.4, -0.2) is 19.7 Å². The van der Waals surface area contributed by atoms with Gasteiger partial charge in [0.2, 0.25) is 5.78 Å². The molecule has 0 saturated heterocycles. The van der Waals surface area contributed by atoms with Crippen LogP contribution in [0.1, 0.15) is 25.1 Å². The van der Waals surface area contributed by atoms with Crippen molar-refractivity contribution in [3.63, 3.8) is 0 Å². The van der Waals surface area contributed by atoms with Crippen LogP contribution in [0.15, 0.2) is 29.1 Å². The molecule has 2 heterocycles. The fourth-order valence-corrected chi connectivity index (χ4v) is 2.82. The summed E-state index contributed by atoms with van der Waals surface area (Å²) in [6.07, 6.45) is 0.630. The van der Waals surface area contributed by atoms with E-state index in [0.29, 0.717) is 12.2 Å². The lowest BCUT2D eigenvalue weighted by atomic mass is 10.2. The second-order valence-corrected chi connectivity index (χ2v) is 5.25. The fraction of sp³-hybridized carbons (Fsp3) is 0.312. The van der Waals surface area contributed by atoms with E-state index in [2.05, 4.69) is 4.98 Å². The van der Waals surface area contributed by atoms with Crippen LogP contribution in [0.5, 0.6) is 0 Å². The largest absolute Gasteiger partial charge is 0.308 e. The molecule has 0 saturated carbocycles. The van der Waals surface area contributed by atoms with Gasteiger partial charge < -0.3 is 4.57 Å². The maximum absolute atomic E-state index is 12.7. The standard InChI is InChI=1S/C16H17N3O2/c1-4-12-11(3)18(9-10(2)20)16-17-13-7-5-6-8-14(13)19(16)15(12)21/h5-8H,4,9H2,1-3H3. The molecule has 0 fully saturated rings. The zero-order chi connectivity index (χ0) is 15.1. The van der Waals surface area contributed by atoms with Gasteiger partial charge in [-0.2, -0.15) is 0 Å². The van der Waals surface area contributed by atoms with Crippen LogP contribution in [0.3, 0.4) is 0 Å². The Balaban J connectivity index is 2.55. The van der Waals surface area contributed by atoms with Crippen molar-refractivity contribution in [3.8, 4) is 0 Å². The number of fused-ring (bicyclic) bond motifs is 3. The molecule has 1 aromatic carbocycles. The first-order valence-corrected chi connectivity index (χ1v) is 7.03. The van der Waals surface area contributed by atoms with Gasteiger partial charge in [-0.1, -0.05) is 19.1 Å². The van der Waals surface area contributed by atoms with E-state index in [0.717, 1.165) is 22.3 Å². The number of hydrogen-bond donors (Lipinski definition) is 0. The van der Waals surface area contributed by atoms with Gasteiger partial charge in [0.1, 0.15) is 5.78 Å². The van der Waals surface area contributed by atoms with Gasteiger partial charge in [-0.25, -0.2) is 9.38 Å².